The third kappa shape index (κ3) is 4.28. The molecule has 1 rings (SSSR count). The van der Waals surface area contributed by atoms with E-state index in [4.69, 9.17) is 17.0 Å². The van der Waals surface area contributed by atoms with E-state index in [1.165, 1.54) is 6.07 Å². The van der Waals surface area contributed by atoms with Crippen molar-refractivity contribution in [2.24, 2.45) is 0 Å². The lowest BCUT2D eigenvalue weighted by Gasteiger charge is -2.17. The van der Waals surface area contributed by atoms with Gasteiger partial charge < -0.3 is 15.4 Å². The van der Waals surface area contributed by atoms with Gasteiger partial charge in [0.15, 0.2) is 5.11 Å². The van der Waals surface area contributed by atoms with E-state index in [1.807, 2.05) is 6.92 Å². The van der Waals surface area contributed by atoms with Gasteiger partial charge in [-0.2, -0.15) is 0 Å². The van der Waals surface area contributed by atoms with Crippen LogP contribution in [0.5, 0.6) is 0 Å². The first-order chi connectivity index (χ1) is 8.04. The average Bonchev–Trinajstić information content (AvgIpc) is 2.25. The molecule has 2 N–H and O–H groups in total. The second-order valence-corrected chi connectivity index (χ2v) is 4.28. The molecule has 3 nitrogen and oxygen atoms in total. The molecule has 0 aliphatic rings. The number of benzene rings is 1. The Kier molecular flexibility index (Phi) is 5.31. The summed E-state index contributed by atoms with van der Waals surface area (Å²) in [5.74, 6) is -0.247. The predicted octanol–water partition coefficient (Wildman–Crippen LogP) is 2.46. The van der Waals surface area contributed by atoms with Crippen molar-refractivity contribution in [2.45, 2.75) is 19.9 Å². The fraction of sp³-hybridized carbons (Fsp3) is 0.417. The van der Waals surface area contributed by atoms with Gasteiger partial charge in [0.05, 0.1) is 6.61 Å². The van der Waals surface area contributed by atoms with Crippen molar-refractivity contribution in [1.82, 2.24) is 5.32 Å². The summed E-state index contributed by atoms with van der Waals surface area (Å²) in [5, 5.41) is 6.48. The molecule has 94 valence electrons. The third-order valence-electron chi connectivity index (χ3n) is 2.31. The normalized spacial score (nSPS) is 12.0. The van der Waals surface area contributed by atoms with Crippen LogP contribution in [0.25, 0.3) is 0 Å². The first kappa shape index (κ1) is 13.9. The molecule has 0 bridgehead atoms. The highest BCUT2D eigenvalue weighted by Crippen LogP contribution is 2.17. The molecule has 0 saturated heterocycles. The molecule has 17 heavy (non-hydrogen) atoms. The molecule has 1 atom stereocenters. The zero-order valence-electron chi connectivity index (χ0n) is 10.2. The number of hydrogen-bond donors (Lipinski definition) is 2. The lowest BCUT2D eigenvalue weighted by atomic mass is 10.2. The molecule has 1 unspecified atom stereocenters. The Morgan fingerprint density at radius 3 is 2.88 bits per heavy atom. The molecular weight excluding hydrogens is 239 g/mol. The standard InChI is InChI=1S/C12H17FN2OS/c1-8(7-16-3)14-12(17)15-11-6-4-5-10(13)9(11)2/h4-6,8H,7H2,1-3H3,(H2,14,15,17). The summed E-state index contributed by atoms with van der Waals surface area (Å²) in [6.07, 6.45) is 0. The summed E-state index contributed by atoms with van der Waals surface area (Å²) >= 11 is 5.13. The van der Waals surface area contributed by atoms with Gasteiger partial charge in [-0.3, -0.25) is 0 Å². The van der Waals surface area contributed by atoms with Crippen LogP contribution < -0.4 is 10.6 Å². The SMILES string of the molecule is COCC(C)NC(=S)Nc1cccc(F)c1C. The Balaban J connectivity index is 2.59. The molecule has 0 saturated carbocycles. The van der Waals surface area contributed by atoms with Gasteiger partial charge in [0, 0.05) is 24.4 Å². The summed E-state index contributed by atoms with van der Waals surface area (Å²) in [4.78, 5) is 0. The van der Waals surface area contributed by atoms with Crippen LogP contribution in [0.1, 0.15) is 12.5 Å². The zero-order valence-corrected chi connectivity index (χ0v) is 11.0. The number of halogens is 1. The van der Waals surface area contributed by atoms with Crippen molar-refractivity contribution in [2.75, 3.05) is 19.0 Å². The third-order valence-corrected chi connectivity index (χ3v) is 2.53. The lowest BCUT2D eigenvalue weighted by molar-refractivity contribution is 0.179. The van der Waals surface area contributed by atoms with E-state index < -0.39 is 0 Å². The van der Waals surface area contributed by atoms with Crippen LogP contribution >= 0.6 is 12.2 Å². The highest BCUT2D eigenvalue weighted by atomic mass is 32.1. The topological polar surface area (TPSA) is 33.3 Å². The van der Waals surface area contributed by atoms with Gasteiger partial charge in [-0.15, -0.1) is 0 Å². The maximum atomic E-state index is 13.3. The number of hydrogen-bond acceptors (Lipinski definition) is 2. The minimum Gasteiger partial charge on any atom is -0.383 e. The number of rotatable bonds is 4. The van der Waals surface area contributed by atoms with Crippen molar-refractivity contribution < 1.29 is 9.13 Å². The monoisotopic (exact) mass is 256 g/mol. The van der Waals surface area contributed by atoms with Gasteiger partial charge in [-0.25, -0.2) is 4.39 Å². The smallest absolute Gasteiger partial charge is 0.171 e. The average molecular weight is 256 g/mol. The molecule has 1 aromatic rings. The van der Waals surface area contributed by atoms with Crippen molar-refractivity contribution in [3.05, 3.63) is 29.6 Å². The second kappa shape index (κ2) is 6.51. The Morgan fingerprint density at radius 2 is 2.24 bits per heavy atom. The predicted molar refractivity (Wildman–Crippen MR) is 71.8 cm³/mol. The zero-order chi connectivity index (χ0) is 12.8. The van der Waals surface area contributed by atoms with Crippen LogP contribution in [0.4, 0.5) is 10.1 Å². The van der Waals surface area contributed by atoms with Crippen molar-refractivity contribution in [3.8, 4) is 0 Å². The number of anilines is 1. The Labute approximate surface area is 106 Å². The molecular formula is C12H17FN2OS. The Bertz CT molecular complexity index is 398. The molecule has 0 fully saturated rings. The van der Waals surface area contributed by atoms with Crippen LogP contribution in [0.15, 0.2) is 18.2 Å². The summed E-state index contributed by atoms with van der Waals surface area (Å²) in [6, 6.07) is 4.96. The number of nitrogens with one attached hydrogen (secondary N) is 2. The first-order valence-electron chi connectivity index (χ1n) is 5.36. The lowest BCUT2D eigenvalue weighted by Crippen LogP contribution is -2.38. The summed E-state index contributed by atoms with van der Waals surface area (Å²) in [7, 11) is 1.63. The Hall–Kier alpha value is -1.20. The quantitative estimate of drug-likeness (QED) is 0.811. The van der Waals surface area contributed by atoms with Crippen LogP contribution in [0.3, 0.4) is 0 Å². The van der Waals surface area contributed by atoms with Crippen LogP contribution in [0, 0.1) is 12.7 Å². The van der Waals surface area contributed by atoms with Gasteiger partial charge >= 0.3 is 0 Å². The van der Waals surface area contributed by atoms with Crippen molar-refractivity contribution in [1.29, 1.82) is 0 Å². The van der Waals surface area contributed by atoms with E-state index in [1.54, 1.807) is 26.2 Å². The molecule has 1 aromatic carbocycles. The van der Waals surface area contributed by atoms with E-state index in [0.29, 0.717) is 23.0 Å². The fourth-order valence-corrected chi connectivity index (χ4v) is 1.73. The van der Waals surface area contributed by atoms with E-state index in [9.17, 15) is 4.39 Å². The van der Waals surface area contributed by atoms with Gasteiger partial charge in [0.2, 0.25) is 0 Å². The number of ether oxygens (including phenoxy) is 1. The summed E-state index contributed by atoms with van der Waals surface area (Å²) in [5.41, 5.74) is 1.23. The van der Waals surface area contributed by atoms with E-state index in [2.05, 4.69) is 10.6 Å². The molecule has 0 aliphatic carbocycles. The van der Waals surface area contributed by atoms with E-state index >= 15 is 0 Å². The van der Waals surface area contributed by atoms with Crippen LogP contribution in [0.2, 0.25) is 0 Å². The fourth-order valence-electron chi connectivity index (χ4n) is 1.42. The second-order valence-electron chi connectivity index (χ2n) is 3.87. The number of methoxy groups -OCH3 is 1. The van der Waals surface area contributed by atoms with Crippen LogP contribution in [-0.2, 0) is 4.74 Å². The van der Waals surface area contributed by atoms with Gasteiger partial charge in [-0.05, 0) is 38.2 Å². The minimum absolute atomic E-state index is 0.105. The van der Waals surface area contributed by atoms with E-state index in [0.717, 1.165) is 0 Å². The molecule has 0 aliphatic heterocycles. The molecule has 0 spiro atoms. The molecule has 0 amide bonds. The highest BCUT2D eigenvalue weighted by molar-refractivity contribution is 7.80. The first-order valence-corrected chi connectivity index (χ1v) is 5.77. The van der Waals surface area contributed by atoms with Gasteiger partial charge in [-0.1, -0.05) is 6.07 Å². The number of thiocarbonyl (C=S) groups is 1. The largest absolute Gasteiger partial charge is 0.383 e. The summed E-state index contributed by atoms with van der Waals surface area (Å²) < 4.78 is 18.3. The molecule has 5 heteroatoms. The molecule has 0 radical (unpaired) electrons. The molecule has 0 heterocycles. The summed E-state index contributed by atoms with van der Waals surface area (Å²) in [6.45, 7) is 4.22. The maximum absolute atomic E-state index is 13.3. The van der Waals surface area contributed by atoms with E-state index in [-0.39, 0.29) is 11.9 Å². The minimum atomic E-state index is -0.247. The highest BCUT2D eigenvalue weighted by Gasteiger charge is 2.07. The van der Waals surface area contributed by atoms with Crippen molar-refractivity contribution >= 4 is 23.0 Å². The maximum Gasteiger partial charge on any atom is 0.171 e. The Morgan fingerprint density at radius 1 is 1.53 bits per heavy atom. The van der Waals surface area contributed by atoms with Gasteiger partial charge in [0.1, 0.15) is 5.82 Å². The van der Waals surface area contributed by atoms with Gasteiger partial charge in [0.25, 0.3) is 0 Å². The van der Waals surface area contributed by atoms with Crippen molar-refractivity contribution in [3.63, 3.8) is 0 Å². The van der Waals surface area contributed by atoms with Crippen LogP contribution in [-0.4, -0.2) is 24.9 Å². The molecule has 0 aromatic heterocycles.